The minimum absolute atomic E-state index is 0.131. The van der Waals surface area contributed by atoms with Gasteiger partial charge in [0, 0.05) is 5.41 Å². The van der Waals surface area contributed by atoms with Crippen LogP contribution in [0.1, 0.15) is 41.5 Å². The molecule has 1 fully saturated rings. The van der Waals surface area contributed by atoms with Crippen LogP contribution < -0.4 is 5.32 Å². The Morgan fingerprint density at radius 1 is 0.833 bits per heavy atom. The Balaban J connectivity index is 1.81. The van der Waals surface area contributed by atoms with E-state index in [2.05, 4.69) is 5.32 Å². The van der Waals surface area contributed by atoms with Gasteiger partial charge >= 0.3 is 12.4 Å². The molecule has 0 saturated carbocycles. The van der Waals surface area contributed by atoms with Crippen LogP contribution in [0.3, 0.4) is 0 Å². The smallest absolute Gasteiger partial charge is 0.376 e. The summed E-state index contributed by atoms with van der Waals surface area (Å²) in [7, 11) is 0. The molecule has 2 aromatic rings. The van der Waals surface area contributed by atoms with E-state index in [4.69, 9.17) is 4.74 Å². The third kappa shape index (κ3) is 5.55. The molecule has 1 N–H and O–H groups in total. The van der Waals surface area contributed by atoms with Gasteiger partial charge in [0.15, 0.2) is 0 Å². The summed E-state index contributed by atoms with van der Waals surface area (Å²) in [5, 5.41) is 3.32. The fraction of sp³-hybridized carbons (Fsp3) is 0.455. The van der Waals surface area contributed by atoms with Gasteiger partial charge in [0.1, 0.15) is 0 Å². The predicted octanol–water partition coefficient (Wildman–Crippen LogP) is 5.95. The van der Waals surface area contributed by atoms with Gasteiger partial charge in [-0.25, -0.2) is 0 Å². The maximum atomic E-state index is 13.1. The van der Waals surface area contributed by atoms with Crippen LogP contribution in [-0.4, -0.2) is 19.7 Å². The van der Waals surface area contributed by atoms with Gasteiger partial charge in [-0.1, -0.05) is 30.3 Å². The van der Waals surface area contributed by atoms with Crippen molar-refractivity contribution >= 4 is 0 Å². The summed E-state index contributed by atoms with van der Waals surface area (Å²) in [4.78, 5) is 0. The summed E-state index contributed by atoms with van der Waals surface area (Å²) < 4.78 is 84.1. The molecule has 0 amide bonds. The van der Waals surface area contributed by atoms with Gasteiger partial charge in [-0.3, -0.25) is 0 Å². The molecule has 0 radical (unpaired) electrons. The molecule has 1 saturated heterocycles. The fourth-order valence-electron chi connectivity index (χ4n) is 3.90. The van der Waals surface area contributed by atoms with Crippen molar-refractivity contribution in [2.75, 3.05) is 19.7 Å². The van der Waals surface area contributed by atoms with Gasteiger partial charge in [-0.05, 0) is 61.7 Å². The molecule has 0 unspecified atom stereocenters. The molecule has 3 rings (SSSR count). The molecule has 1 aliphatic heterocycles. The van der Waals surface area contributed by atoms with E-state index in [1.165, 1.54) is 0 Å². The summed E-state index contributed by atoms with van der Waals surface area (Å²) in [6.45, 7) is 1.52. The van der Waals surface area contributed by atoms with Crippen LogP contribution in [0.4, 0.5) is 26.3 Å². The second-order valence-electron chi connectivity index (χ2n) is 7.66. The van der Waals surface area contributed by atoms with E-state index in [9.17, 15) is 26.3 Å². The lowest BCUT2D eigenvalue weighted by Gasteiger charge is -2.33. The number of halogens is 6. The topological polar surface area (TPSA) is 21.3 Å². The van der Waals surface area contributed by atoms with Crippen LogP contribution in [0, 0.1) is 0 Å². The number of hydrogen-bond acceptors (Lipinski definition) is 2. The van der Waals surface area contributed by atoms with Crippen molar-refractivity contribution < 1.29 is 31.1 Å². The molecular weight excluding hydrogens is 408 g/mol. The molecule has 2 nitrogen and oxygen atoms in total. The summed E-state index contributed by atoms with van der Waals surface area (Å²) in [6.07, 6.45) is -7.24. The molecule has 2 aromatic carbocycles. The molecule has 8 heteroatoms. The Morgan fingerprint density at radius 3 is 2.07 bits per heavy atom. The average Bonchev–Trinajstić information content (AvgIpc) is 2.94. The first-order valence-corrected chi connectivity index (χ1v) is 9.73. The monoisotopic (exact) mass is 431 g/mol. The molecule has 1 heterocycles. The van der Waals surface area contributed by atoms with Gasteiger partial charge in [-0.15, -0.1) is 0 Å². The highest BCUT2D eigenvalue weighted by atomic mass is 19.4. The molecule has 0 aliphatic carbocycles. The largest absolute Gasteiger partial charge is 0.416 e. The van der Waals surface area contributed by atoms with E-state index in [1.54, 1.807) is 0 Å². The van der Waals surface area contributed by atoms with Crippen molar-refractivity contribution in [3.8, 4) is 0 Å². The van der Waals surface area contributed by atoms with Crippen molar-refractivity contribution in [2.45, 2.75) is 43.6 Å². The normalized spacial score (nSPS) is 20.7. The Bertz CT molecular complexity index is 792. The van der Waals surface area contributed by atoms with Crippen molar-refractivity contribution in [3.63, 3.8) is 0 Å². The highest BCUT2D eigenvalue weighted by Crippen LogP contribution is 2.37. The van der Waals surface area contributed by atoms with Gasteiger partial charge in [0.25, 0.3) is 0 Å². The fourth-order valence-corrected chi connectivity index (χ4v) is 3.90. The Hall–Kier alpha value is -2.06. The quantitative estimate of drug-likeness (QED) is 0.591. The maximum Gasteiger partial charge on any atom is 0.416 e. The van der Waals surface area contributed by atoms with Gasteiger partial charge in [0.05, 0.1) is 24.3 Å². The molecule has 164 valence electrons. The van der Waals surface area contributed by atoms with Crippen LogP contribution >= 0.6 is 0 Å². The van der Waals surface area contributed by atoms with Crippen LogP contribution in [0.5, 0.6) is 0 Å². The number of hydrogen-bond donors (Lipinski definition) is 1. The first kappa shape index (κ1) is 22.6. The molecule has 1 atom stereocenters. The number of ether oxygens (including phenoxy) is 1. The molecular formula is C22H23F6NO. The first-order valence-electron chi connectivity index (χ1n) is 9.73. The SMILES string of the molecule is FC(F)(F)c1cc(COC[C@]2(c3ccccc3)CCCNCC2)cc(C(F)(F)F)c1. The van der Waals surface area contributed by atoms with Crippen LogP contribution in [0.15, 0.2) is 48.5 Å². The Kier molecular flexibility index (Phi) is 6.77. The van der Waals surface area contributed by atoms with E-state index < -0.39 is 23.5 Å². The highest BCUT2D eigenvalue weighted by molar-refractivity contribution is 5.33. The van der Waals surface area contributed by atoms with Crippen LogP contribution in [0.2, 0.25) is 0 Å². The molecule has 0 spiro atoms. The summed E-state index contributed by atoms with van der Waals surface area (Å²) in [5.74, 6) is 0. The number of alkyl halides is 6. The Labute approximate surface area is 171 Å². The van der Waals surface area contributed by atoms with E-state index in [1.807, 2.05) is 30.3 Å². The first-order chi connectivity index (χ1) is 14.1. The average molecular weight is 431 g/mol. The number of benzene rings is 2. The lowest BCUT2D eigenvalue weighted by atomic mass is 9.75. The van der Waals surface area contributed by atoms with Crippen LogP contribution in [0.25, 0.3) is 0 Å². The van der Waals surface area contributed by atoms with Crippen molar-refractivity contribution in [3.05, 3.63) is 70.8 Å². The lowest BCUT2D eigenvalue weighted by Crippen LogP contribution is -2.33. The summed E-state index contributed by atoms with van der Waals surface area (Å²) in [6, 6.07) is 11.3. The van der Waals surface area contributed by atoms with E-state index in [0.717, 1.165) is 50.0 Å². The second kappa shape index (κ2) is 8.98. The predicted molar refractivity (Wildman–Crippen MR) is 101 cm³/mol. The molecule has 0 bridgehead atoms. The number of nitrogens with one attached hydrogen (secondary N) is 1. The van der Waals surface area contributed by atoms with Crippen molar-refractivity contribution in [1.82, 2.24) is 5.32 Å². The maximum absolute atomic E-state index is 13.1. The molecule has 1 aliphatic rings. The van der Waals surface area contributed by atoms with Gasteiger partial charge in [-0.2, -0.15) is 26.3 Å². The minimum atomic E-state index is -4.87. The number of rotatable bonds is 5. The van der Waals surface area contributed by atoms with Crippen molar-refractivity contribution in [2.24, 2.45) is 0 Å². The van der Waals surface area contributed by atoms with Gasteiger partial charge in [0.2, 0.25) is 0 Å². The third-order valence-corrected chi connectivity index (χ3v) is 5.47. The van der Waals surface area contributed by atoms with E-state index in [-0.39, 0.29) is 30.3 Å². The standard InChI is InChI=1S/C22H23F6NO/c23-21(24,25)18-11-16(12-19(13-18)22(26,27)28)14-30-15-20(7-4-9-29-10-8-20)17-5-2-1-3-6-17/h1-3,5-6,11-13,29H,4,7-10,14-15H2/t20-/m0/s1. The van der Waals surface area contributed by atoms with Crippen LogP contribution in [-0.2, 0) is 29.1 Å². The van der Waals surface area contributed by atoms with Gasteiger partial charge < -0.3 is 10.1 Å². The third-order valence-electron chi connectivity index (χ3n) is 5.47. The highest BCUT2D eigenvalue weighted by Gasteiger charge is 2.37. The summed E-state index contributed by atoms with van der Waals surface area (Å²) >= 11 is 0. The molecule has 30 heavy (non-hydrogen) atoms. The second-order valence-corrected chi connectivity index (χ2v) is 7.66. The van der Waals surface area contributed by atoms with E-state index >= 15 is 0 Å². The van der Waals surface area contributed by atoms with E-state index in [0.29, 0.717) is 0 Å². The zero-order chi connectivity index (χ0) is 21.8. The summed E-state index contributed by atoms with van der Waals surface area (Å²) in [5.41, 5.74) is -2.07. The molecule has 0 aromatic heterocycles. The Morgan fingerprint density at radius 2 is 1.47 bits per heavy atom. The lowest BCUT2D eigenvalue weighted by molar-refractivity contribution is -0.143. The zero-order valence-corrected chi connectivity index (χ0v) is 16.2. The van der Waals surface area contributed by atoms with Crippen molar-refractivity contribution in [1.29, 1.82) is 0 Å². The minimum Gasteiger partial charge on any atom is -0.376 e. The zero-order valence-electron chi connectivity index (χ0n) is 16.2.